The molecular formula is C18H26N4O. The number of carbonyl (C=O) groups is 1. The number of rotatable bonds is 4. The van der Waals surface area contributed by atoms with Crippen LogP contribution in [-0.2, 0) is 13.5 Å². The second-order valence-electron chi connectivity index (χ2n) is 6.53. The van der Waals surface area contributed by atoms with Crippen LogP contribution in [0.1, 0.15) is 43.5 Å². The molecule has 0 bridgehead atoms. The van der Waals surface area contributed by atoms with Crippen LogP contribution in [0.2, 0.25) is 0 Å². The number of aromatic nitrogens is 2. The van der Waals surface area contributed by atoms with Crippen molar-refractivity contribution in [3.05, 3.63) is 29.6 Å². The van der Waals surface area contributed by atoms with Gasteiger partial charge in [0.25, 0.3) is 0 Å². The van der Waals surface area contributed by atoms with Crippen molar-refractivity contribution >= 4 is 17.1 Å². The number of carbonyl (C=O) groups excluding carboxylic acids is 1. The Morgan fingerprint density at radius 1 is 1.30 bits per heavy atom. The average molecular weight is 314 g/mol. The SMILES string of the molecule is Cc1nc2cc(CCNC(=O)NC3CCCCC3)ccc2n1C. The molecule has 1 fully saturated rings. The largest absolute Gasteiger partial charge is 0.338 e. The van der Waals surface area contributed by atoms with Gasteiger partial charge in [-0.05, 0) is 43.9 Å². The zero-order chi connectivity index (χ0) is 16.2. The van der Waals surface area contributed by atoms with Crippen molar-refractivity contribution in [3.63, 3.8) is 0 Å². The molecule has 1 heterocycles. The number of nitrogens with zero attached hydrogens (tertiary/aromatic N) is 2. The van der Waals surface area contributed by atoms with Gasteiger partial charge in [0.05, 0.1) is 11.0 Å². The minimum absolute atomic E-state index is 0.0355. The smallest absolute Gasteiger partial charge is 0.315 e. The van der Waals surface area contributed by atoms with Crippen molar-refractivity contribution in [3.8, 4) is 0 Å². The van der Waals surface area contributed by atoms with Crippen molar-refractivity contribution in [1.29, 1.82) is 0 Å². The fourth-order valence-electron chi connectivity index (χ4n) is 3.33. The third-order valence-corrected chi connectivity index (χ3v) is 4.81. The Morgan fingerprint density at radius 3 is 2.87 bits per heavy atom. The highest BCUT2D eigenvalue weighted by Crippen LogP contribution is 2.18. The highest BCUT2D eigenvalue weighted by molar-refractivity contribution is 5.77. The van der Waals surface area contributed by atoms with Crippen LogP contribution in [0.5, 0.6) is 0 Å². The maximum absolute atomic E-state index is 11.9. The van der Waals surface area contributed by atoms with Gasteiger partial charge in [-0.1, -0.05) is 25.3 Å². The van der Waals surface area contributed by atoms with Crippen LogP contribution in [0.15, 0.2) is 18.2 Å². The minimum Gasteiger partial charge on any atom is -0.338 e. The predicted octanol–water partition coefficient (Wildman–Crippen LogP) is 3.06. The van der Waals surface area contributed by atoms with Gasteiger partial charge in [-0.15, -0.1) is 0 Å². The van der Waals surface area contributed by atoms with Crippen LogP contribution >= 0.6 is 0 Å². The van der Waals surface area contributed by atoms with E-state index in [4.69, 9.17) is 0 Å². The number of hydrogen-bond donors (Lipinski definition) is 2. The zero-order valence-corrected chi connectivity index (χ0v) is 14.1. The number of nitrogens with one attached hydrogen (secondary N) is 2. The van der Waals surface area contributed by atoms with Gasteiger partial charge < -0.3 is 15.2 Å². The van der Waals surface area contributed by atoms with Crippen molar-refractivity contribution in [1.82, 2.24) is 20.2 Å². The lowest BCUT2D eigenvalue weighted by Crippen LogP contribution is -2.43. The third-order valence-electron chi connectivity index (χ3n) is 4.81. The van der Waals surface area contributed by atoms with Crippen LogP contribution < -0.4 is 10.6 Å². The van der Waals surface area contributed by atoms with E-state index in [1.165, 1.54) is 24.8 Å². The first-order chi connectivity index (χ1) is 11.1. The summed E-state index contributed by atoms with van der Waals surface area (Å²) >= 11 is 0. The Balaban J connectivity index is 1.49. The first-order valence-electron chi connectivity index (χ1n) is 8.60. The molecule has 23 heavy (non-hydrogen) atoms. The summed E-state index contributed by atoms with van der Waals surface area (Å²) in [7, 11) is 2.03. The van der Waals surface area contributed by atoms with Crippen LogP contribution in [0.4, 0.5) is 4.79 Å². The van der Waals surface area contributed by atoms with E-state index in [0.717, 1.165) is 36.1 Å². The van der Waals surface area contributed by atoms with Crippen molar-refractivity contribution in [2.24, 2.45) is 7.05 Å². The molecule has 2 amide bonds. The molecule has 2 N–H and O–H groups in total. The molecule has 5 nitrogen and oxygen atoms in total. The Kier molecular flexibility index (Phi) is 4.84. The van der Waals surface area contributed by atoms with Gasteiger partial charge in [0.15, 0.2) is 0 Å². The fraction of sp³-hybridized carbons (Fsp3) is 0.556. The summed E-state index contributed by atoms with van der Waals surface area (Å²) in [5, 5.41) is 6.05. The Labute approximate surface area is 137 Å². The van der Waals surface area contributed by atoms with Gasteiger partial charge in [-0.3, -0.25) is 0 Å². The van der Waals surface area contributed by atoms with Crippen LogP contribution in [0.25, 0.3) is 11.0 Å². The number of imidazole rings is 1. The van der Waals surface area contributed by atoms with Crippen molar-refractivity contribution < 1.29 is 4.79 Å². The van der Waals surface area contributed by atoms with E-state index in [1.54, 1.807) is 0 Å². The molecule has 1 aromatic heterocycles. The highest BCUT2D eigenvalue weighted by atomic mass is 16.2. The summed E-state index contributed by atoms with van der Waals surface area (Å²) in [5.74, 6) is 1.02. The Hall–Kier alpha value is -2.04. The van der Waals surface area contributed by atoms with E-state index < -0.39 is 0 Å². The number of urea groups is 1. The summed E-state index contributed by atoms with van der Waals surface area (Å²) < 4.78 is 2.09. The van der Waals surface area contributed by atoms with Crippen LogP contribution in [0, 0.1) is 6.92 Å². The first-order valence-corrected chi connectivity index (χ1v) is 8.60. The lowest BCUT2D eigenvalue weighted by Gasteiger charge is -2.22. The second-order valence-corrected chi connectivity index (χ2v) is 6.53. The molecule has 0 unspecified atom stereocenters. The second kappa shape index (κ2) is 7.02. The summed E-state index contributed by atoms with van der Waals surface area (Å²) in [5.41, 5.74) is 3.37. The molecule has 124 valence electrons. The lowest BCUT2D eigenvalue weighted by molar-refractivity contribution is 0.233. The van der Waals surface area contributed by atoms with Crippen molar-refractivity contribution in [2.75, 3.05) is 6.54 Å². The molecule has 0 atom stereocenters. The van der Waals surface area contributed by atoms with Crippen LogP contribution in [-0.4, -0.2) is 28.2 Å². The number of aryl methyl sites for hydroxylation is 2. The monoisotopic (exact) mass is 314 g/mol. The summed E-state index contributed by atoms with van der Waals surface area (Å²) in [6, 6.07) is 6.66. The minimum atomic E-state index is -0.0355. The van der Waals surface area contributed by atoms with Crippen molar-refractivity contribution in [2.45, 2.75) is 51.5 Å². The topological polar surface area (TPSA) is 59.0 Å². The number of fused-ring (bicyclic) bond motifs is 1. The van der Waals surface area contributed by atoms with E-state index in [0.29, 0.717) is 12.6 Å². The Morgan fingerprint density at radius 2 is 2.09 bits per heavy atom. The molecule has 1 aliphatic rings. The standard InChI is InChI=1S/C18H26N4O/c1-13-20-16-12-14(8-9-17(16)22(13)2)10-11-19-18(23)21-15-6-4-3-5-7-15/h8-9,12,15H,3-7,10-11H2,1-2H3,(H2,19,21,23). The summed E-state index contributed by atoms with van der Waals surface area (Å²) in [4.78, 5) is 16.5. The van der Waals surface area contributed by atoms with E-state index >= 15 is 0 Å². The maximum atomic E-state index is 11.9. The van der Waals surface area contributed by atoms with Gasteiger partial charge in [0, 0.05) is 19.6 Å². The maximum Gasteiger partial charge on any atom is 0.315 e. The van der Waals surface area contributed by atoms with Crippen LogP contribution in [0.3, 0.4) is 0 Å². The Bertz CT molecular complexity index is 686. The third kappa shape index (κ3) is 3.84. The molecule has 1 aliphatic carbocycles. The molecule has 1 aromatic carbocycles. The molecule has 0 radical (unpaired) electrons. The molecular weight excluding hydrogens is 288 g/mol. The molecule has 0 saturated heterocycles. The summed E-state index contributed by atoms with van der Waals surface area (Å²) in [6.07, 6.45) is 6.81. The normalized spacial score (nSPS) is 15.7. The van der Waals surface area contributed by atoms with E-state index in [2.05, 4.69) is 38.4 Å². The molecule has 1 saturated carbocycles. The van der Waals surface area contributed by atoms with Gasteiger partial charge >= 0.3 is 6.03 Å². The lowest BCUT2D eigenvalue weighted by atomic mass is 9.96. The van der Waals surface area contributed by atoms with Gasteiger partial charge in [0.2, 0.25) is 0 Å². The molecule has 0 aliphatic heterocycles. The summed E-state index contributed by atoms with van der Waals surface area (Å²) in [6.45, 7) is 2.66. The zero-order valence-electron chi connectivity index (χ0n) is 14.1. The molecule has 3 rings (SSSR count). The fourth-order valence-corrected chi connectivity index (χ4v) is 3.33. The predicted molar refractivity (Wildman–Crippen MR) is 92.6 cm³/mol. The molecule has 5 heteroatoms. The highest BCUT2D eigenvalue weighted by Gasteiger charge is 2.15. The van der Waals surface area contributed by atoms with E-state index in [-0.39, 0.29) is 6.03 Å². The first kappa shape index (κ1) is 15.8. The number of benzene rings is 1. The molecule has 0 spiro atoms. The quantitative estimate of drug-likeness (QED) is 0.911. The van der Waals surface area contributed by atoms with E-state index in [1.807, 2.05) is 14.0 Å². The number of hydrogen-bond acceptors (Lipinski definition) is 2. The average Bonchev–Trinajstić information content (AvgIpc) is 2.82. The number of amides is 2. The van der Waals surface area contributed by atoms with Gasteiger partial charge in [-0.25, -0.2) is 9.78 Å². The molecule has 2 aromatic rings. The van der Waals surface area contributed by atoms with Gasteiger partial charge in [-0.2, -0.15) is 0 Å². The van der Waals surface area contributed by atoms with Gasteiger partial charge in [0.1, 0.15) is 5.82 Å². The van der Waals surface area contributed by atoms with E-state index in [9.17, 15) is 4.79 Å².